The van der Waals surface area contributed by atoms with Gasteiger partial charge in [-0.1, -0.05) is 29.4 Å². The first-order chi connectivity index (χ1) is 14.9. The van der Waals surface area contributed by atoms with Gasteiger partial charge in [-0.15, -0.1) is 0 Å². The Labute approximate surface area is 187 Å². The molecule has 0 bridgehead atoms. The first-order valence-electron chi connectivity index (χ1n) is 9.39. The summed E-state index contributed by atoms with van der Waals surface area (Å²) >= 11 is 7.00. The van der Waals surface area contributed by atoms with E-state index in [0.717, 1.165) is 16.7 Å². The Morgan fingerprint density at radius 1 is 1.29 bits per heavy atom. The molecule has 1 aliphatic rings. The van der Waals surface area contributed by atoms with Crippen molar-refractivity contribution in [2.75, 3.05) is 23.4 Å². The van der Waals surface area contributed by atoms with Crippen LogP contribution >= 0.6 is 23.4 Å². The number of aliphatic imine (C=N–C) groups is 1. The van der Waals surface area contributed by atoms with Gasteiger partial charge >= 0.3 is 5.97 Å². The summed E-state index contributed by atoms with van der Waals surface area (Å²) in [6, 6.07) is 12.0. The number of amidine groups is 1. The summed E-state index contributed by atoms with van der Waals surface area (Å²) in [6.07, 6.45) is -0.0421. The highest BCUT2D eigenvalue weighted by molar-refractivity contribution is 8.15. The largest absolute Gasteiger partial charge is 0.465 e. The fourth-order valence-corrected chi connectivity index (χ4v) is 4.03. The molecule has 1 fully saturated rings. The minimum atomic E-state index is -0.750. The lowest BCUT2D eigenvalue weighted by Gasteiger charge is -2.16. The molecule has 7 nitrogen and oxygen atoms in total. The molecule has 0 aromatic heterocycles. The van der Waals surface area contributed by atoms with Crippen LogP contribution in [0.1, 0.15) is 13.3 Å². The number of nitrogens with zero attached hydrogens (tertiary/aromatic N) is 2. The van der Waals surface area contributed by atoms with Gasteiger partial charge in [0.1, 0.15) is 17.6 Å². The van der Waals surface area contributed by atoms with Gasteiger partial charge in [0, 0.05) is 17.1 Å². The van der Waals surface area contributed by atoms with Crippen molar-refractivity contribution in [1.82, 2.24) is 0 Å². The number of halogens is 2. The van der Waals surface area contributed by atoms with Crippen LogP contribution < -0.4 is 10.2 Å². The molecular weight excluding hydrogens is 445 g/mol. The first kappa shape index (κ1) is 22.8. The van der Waals surface area contributed by atoms with Crippen molar-refractivity contribution in [3.8, 4) is 0 Å². The molecule has 31 heavy (non-hydrogen) atoms. The van der Waals surface area contributed by atoms with Crippen molar-refractivity contribution >= 4 is 57.7 Å². The second-order valence-electron chi connectivity index (χ2n) is 6.42. The quantitative estimate of drug-likeness (QED) is 0.303. The van der Waals surface area contributed by atoms with E-state index in [1.807, 2.05) is 0 Å². The van der Waals surface area contributed by atoms with E-state index < -0.39 is 22.9 Å². The number of anilines is 2. The number of hydrogen-bond acceptors (Lipinski definition) is 6. The standard InChI is InChI=1S/C21H19ClFN3O4S/c1-2-30-19(28)12-24-21(25-15-8-6-14(23)7-9-15)31-17-11-18(27)26(20(17)29)16-5-3-4-13(22)10-16/h3-10,17H,2,11-12H2,1H3,(H,24,25). The number of amides is 2. The molecular formula is C21H19ClFN3O4S. The monoisotopic (exact) mass is 463 g/mol. The zero-order valence-electron chi connectivity index (χ0n) is 16.5. The van der Waals surface area contributed by atoms with E-state index in [2.05, 4.69) is 10.3 Å². The topological polar surface area (TPSA) is 88.1 Å². The average Bonchev–Trinajstić information content (AvgIpc) is 3.01. The maximum absolute atomic E-state index is 13.2. The molecule has 2 amide bonds. The van der Waals surface area contributed by atoms with Crippen LogP contribution in [0.2, 0.25) is 5.02 Å². The lowest BCUT2D eigenvalue weighted by Crippen LogP contribution is -2.31. The predicted octanol–water partition coefficient (Wildman–Crippen LogP) is 3.88. The smallest absolute Gasteiger partial charge is 0.327 e. The van der Waals surface area contributed by atoms with Crippen LogP contribution in [0.4, 0.5) is 15.8 Å². The van der Waals surface area contributed by atoms with Gasteiger partial charge in [-0.25, -0.2) is 9.29 Å². The van der Waals surface area contributed by atoms with Gasteiger partial charge in [-0.2, -0.15) is 0 Å². The van der Waals surface area contributed by atoms with E-state index in [0.29, 0.717) is 16.4 Å². The Bertz CT molecular complexity index is 1020. The summed E-state index contributed by atoms with van der Waals surface area (Å²) in [4.78, 5) is 42.4. The lowest BCUT2D eigenvalue weighted by atomic mass is 10.3. The maximum Gasteiger partial charge on any atom is 0.327 e. The van der Waals surface area contributed by atoms with Crippen LogP contribution in [-0.4, -0.2) is 41.4 Å². The summed E-state index contributed by atoms with van der Waals surface area (Å²) in [5.74, 6) is -1.72. The Kier molecular flexibility index (Phi) is 7.64. The molecule has 1 N–H and O–H groups in total. The number of benzene rings is 2. The van der Waals surface area contributed by atoms with E-state index >= 15 is 0 Å². The van der Waals surface area contributed by atoms with Gasteiger partial charge < -0.3 is 10.1 Å². The van der Waals surface area contributed by atoms with Crippen LogP contribution in [-0.2, 0) is 19.1 Å². The van der Waals surface area contributed by atoms with Gasteiger partial charge in [0.2, 0.25) is 11.8 Å². The van der Waals surface area contributed by atoms with Crippen LogP contribution in [0.3, 0.4) is 0 Å². The van der Waals surface area contributed by atoms with E-state index in [9.17, 15) is 18.8 Å². The summed E-state index contributed by atoms with van der Waals surface area (Å²) in [6.45, 7) is 1.63. The SMILES string of the molecule is CCOC(=O)CN=C(Nc1ccc(F)cc1)SC1CC(=O)N(c2cccc(Cl)c2)C1=O. The second-order valence-corrected chi connectivity index (χ2v) is 8.04. The molecule has 162 valence electrons. The fraction of sp³-hybridized carbons (Fsp3) is 0.238. The third kappa shape index (κ3) is 6.05. The molecule has 0 radical (unpaired) electrons. The number of nitrogens with one attached hydrogen (secondary N) is 1. The molecule has 0 aliphatic carbocycles. The van der Waals surface area contributed by atoms with Gasteiger partial charge in [0.05, 0.1) is 12.3 Å². The predicted molar refractivity (Wildman–Crippen MR) is 119 cm³/mol. The average molecular weight is 464 g/mol. The highest BCUT2D eigenvalue weighted by atomic mass is 35.5. The highest BCUT2D eigenvalue weighted by Crippen LogP contribution is 2.31. The van der Waals surface area contributed by atoms with Crippen LogP contribution in [0.25, 0.3) is 0 Å². The lowest BCUT2D eigenvalue weighted by molar-refractivity contribution is -0.141. The summed E-state index contributed by atoms with van der Waals surface area (Å²) in [5.41, 5.74) is 0.905. The number of hydrogen-bond donors (Lipinski definition) is 1. The van der Waals surface area contributed by atoms with E-state index in [-0.39, 0.29) is 30.6 Å². The zero-order chi connectivity index (χ0) is 22.4. The van der Waals surface area contributed by atoms with Crippen molar-refractivity contribution in [3.05, 3.63) is 59.4 Å². The molecule has 1 aliphatic heterocycles. The maximum atomic E-state index is 13.2. The van der Waals surface area contributed by atoms with Crippen molar-refractivity contribution in [1.29, 1.82) is 0 Å². The second kappa shape index (κ2) is 10.4. The number of imide groups is 1. The van der Waals surface area contributed by atoms with E-state index in [1.54, 1.807) is 25.1 Å². The van der Waals surface area contributed by atoms with Crippen molar-refractivity contribution in [2.24, 2.45) is 4.99 Å². The molecule has 1 unspecified atom stereocenters. The van der Waals surface area contributed by atoms with Gasteiger partial charge in [-0.3, -0.25) is 19.4 Å². The molecule has 0 saturated carbocycles. The number of rotatable bonds is 6. The van der Waals surface area contributed by atoms with Crippen LogP contribution in [0, 0.1) is 5.82 Å². The summed E-state index contributed by atoms with van der Waals surface area (Å²) in [7, 11) is 0. The molecule has 2 aromatic carbocycles. The van der Waals surface area contributed by atoms with Crippen molar-refractivity contribution < 1.29 is 23.5 Å². The van der Waals surface area contributed by atoms with Crippen molar-refractivity contribution in [3.63, 3.8) is 0 Å². The van der Waals surface area contributed by atoms with Gasteiger partial charge in [0.15, 0.2) is 5.17 Å². The Morgan fingerprint density at radius 2 is 2.03 bits per heavy atom. The van der Waals surface area contributed by atoms with E-state index in [4.69, 9.17) is 16.3 Å². The number of carbonyl (C=O) groups is 3. The molecule has 1 saturated heterocycles. The van der Waals surface area contributed by atoms with E-state index in [1.165, 1.54) is 30.3 Å². The summed E-state index contributed by atoms with van der Waals surface area (Å²) < 4.78 is 18.1. The summed E-state index contributed by atoms with van der Waals surface area (Å²) in [5, 5.41) is 2.86. The third-order valence-corrected chi connectivity index (χ3v) is 5.52. The normalized spacial score (nSPS) is 16.5. The number of ether oxygens (including phenoxy) is 1. The Hall–Kier alpha value is -2.91. The molecule has 2 aromatic rings. The first-order valence-corrected chi connectivity index (χ1v) is 10.6. The Morgan fingerprint density at radius 3 is 2.71 bits per heavy atom. The van der Waals surface area contributed by atoms with Gasteiger partial charge in [-0.05, 0) is 49.4 Å². The Balaban J connectivity index is 1.78. The minimum absolute atomic E-state index is 0.0421. The molecule has 10 heteroatoms. The minimum Gasteiger partial charge on any atom is -0.465 e. The third-order valence-electron chi connectivity index (χ3n) is 4.18. The fourth-order valence-electron chi connectivity index (χ4n) is 2.82. The van der Waals surface area contributed by atoms with Crippen LogP contribution in [0.15, 0.2) is 53.5 Å². The zero-order valence-corrected chi connectivity index (χ0v) is 18.1. The number of esters is 1. The molecule has 1 atom stereocenters. The van der Waals surface area contributed by atoms with Crippen LogP contribution in [0.5, 0.6) is 0 Å². The molecule has 1 heterocycles. The van der Waals surface area contributed by atoms with Gasteiger partial charge in [0.25, 0.3) is 0 Å². The highest BCUT2D eigenvalue weighted by Gasteiger charge is 2.41. The molecule has 3 rings (SSSR count). The molecule has 0 spiro atoms. The number of thioether (sulfide) groups is 1. The number of carbonyl (C=O) groups excluding carboxylic acids is 3. The van der Waals surface area contributed by atoms with Crippen molar-refractivity contribution in [2.45, 2.75) is 18.6 Å².